The molecule has 0 atom stereocenters. The van der Waals surface area contributed by atoms with E-state index < -0.39 is 0 Å². The molecular weight excluding hydrogens is 118 g/mol. The molecular formula is C6H12NO2. The summed E-state index contributed by atoms with van der Waals surface area (Å²) in [6.45, 7) is 3.05. The van der Waals surface area contributed by atoms with Crippen LogP contribution in [0.4, 0.5) is 0 Å². The molecule has 0 N–H and O–H groups in total. The van der Waals surface area contributed by atoms with Crippen LogP contribution in [0, 0.1) is 0 Å². The van der Waals surface area contributed by atoms with Gasteiger partial charge < -0.3 is 4.84 Å². The highest BCUT2D eigenvalue weighted by molar-refractivity contribution is 5.52. The van der Waals surface area contributed by atoms with E-state index in [-0.39, 0.29) is 6.54 Å². The summed E-state index contributed by atoms with van der Waals surface area (Å²) in [6, 6.07) is 0. The Morgan fingerprint density at radius 1 is 1.67 bits per heavy atom. The zero-order chi connectivity index (χ0) is 7.11. The lowest BCUT2D eigenvalue weighted by Gasteiger charge is -2.13. The molecule has 0 unspecified atom stereocenters. The summed E-state index contributed by atoms with van der Waals surface area (Å²) >= 11 is 0. The lowest BCUT2D eigenvalue weighted by molar-refractivity contribution is -0.118. The molecule has 0 aliphatic heterocycles. The van der Waals surface area contributed by atoms with Crippen molar-refractivity contribution in [3.63, 3.8) is 0 Å². The number of carbonyl (C=O) groups excluding carboxylic acids is 1. The van der Waals surface area contributed by atoms with Crippen molar-refractivity contribution < 1.29 is 9.63 Å². The fraction of sp³-hybridized carbons (Fsp3) is 0.833. The Bertz CT molecular complexity index is 75.5. The number of hydrogen-bond donors (Lipinski definition) is 0. The van der Waals surface area contributed by atoms with Crippen LogP contribution in [0.1, 0.15) is 13.3 Å². The first-order valence-electron chi connectivity index (χ1n) is 2.99. The second-order valence-electron chi connectivity index (χ2n) is 1.69. The van der Waals surface area contributed by atoms with Gasteiger partial charge in [-0.1, -0.05) is 6.92 Å². The van der Waals surface area contributed by atoms with Crippen molar-refractivity contribution in [1.29, 1.82) is 0 Å². The van der Waals surface area contributed by atoms with Crippen LogP contribution in [0.3, 0.4) is 0 Å². The molecule has 1 radical (unpaired) electrons. The number of hydroxylamine groups is 2. The molecule has 0 aromatic heterocycles. The van der Waals surface area contributed by atoms with Gasteiger partial charge >= 0.3 is 0 Å². The molecule has 0 amide bonds. The van der Waals surface area contributed by atoms with E-state index in [9.17, 15) is 4.79 Å². The zero-order valence-corrected chi connectivity index (χ0v) is 5.89. The molecule has 0 spiro atoms. The molecule has 0 bridgehead atoms. The Kier molecular flexibility index (Phi) is 5.46. The van der Waals surface area contributed by atoms with Gasteiger partial charge in [0.1, 0.15) is 0 Å². The van der Waals surface area contributed by atoms with Gasteiger partial charge in [0.15, 0.2) is 0 Å². The van der Waals surface area contributed by atoms with Crippen molar-refractivity contribution in [2.45, 2.75) is 13.3 Å². The lowest BCUT2D eigenvalue weighted by Crippen LogP contribution is -2.24. The molecule has 53 valence electrons. The maximum atomic E-state index is 9.80. The summed E-state index contributed by atoms with van der Waals surface area (Å²) in [5, 5.41) is 1.56. The number of nitrogens with zero attached hydrogens (tertiary/aromatic N) is 1. The van der Waals surface area contributed by atoms with Crippen LogP contribution in [-0.2, 0) is 9.63 Å². The van der Waals surface area contributed by atoms with Crippen LogP contribution in [0.2, 0.25) is 0 Å². The highest BCUT2D eigenvalue weighted by Crippen LogP contribution is 1.87. The van der Waals surface area contributed by atoms with Gasteiger partial charge in [0.2, 0.25) is 6.29 Å². The van der Waals surface area contributed by atoms with Crippen LogP contribution < -0.4 is 0 Å². The van der Waals surface area contributed by atoms with Gasteiger partial charge in [-0.3, -0.25) is 4.79 Å². The summed E-state index contributed by atoms with van der Waals surface area (Å²) < 4.78 is 0. The predicted molar refractivity (Wildman–Crippen MR) is 34.6 cm³/mol. The zero-order valence-electron chi connectivity index (χ0n) is 5.89. The van der Waals surface area contributed by atoms with Crippen LogP contribution >= 0.6 is 0 Å². The second kappa shape index (κ2) is 5.72. The van der Waals surface area contributed by atoms with Gasteiger partial charge in [-0.2, -0.15) is 5.06 Å². The fourth-order valence-corrected chi connectivity index (χ4v) is 0.556. The minimum atomic E-state index is 0.240. The minimum Gasteiger partial charge on any atom is -0.302 e. The van der Waals surface area contributed by atoms with Crippen LogP contribution in [-0.4, -0.2) is 31.5 Å². The third-order valence-electron chi connectivity index (χ3n) is 0.972. The highest BCUT2D eigenvalue weighted by Gasteiger charge is 1.98. The Labute approximate surface area is 55.6 Å². The molecule has 0 aliphatic rings. The quantitative estimate of drug-likeness (QED) is 0.503. The summed E-state index contributed by atoms with van der Waals surface area (Å²) in [6.07, 6.45) is 2.74. The van der Waals surface area contributed by atoms with Crippen LogP contribution in [0.25, 0.3) is 0 Å². The number of rotatable bonds is 5. The largest absolute Gasteiger partial charge is 0.302 e. The second-order valence-corrected chi connectivity index (χ2v) is 1.69. The maximum Gasteiger partial charge on any atom is 0.216 e. The van der Waals surface area contributed by atoms with Gasteiger partial charge in [-0.15, -0.1) is 0 Å². The maximum absolute atomic E-state index is 9.80. The average Bonchev–Trinajstić information content (AvgIpc) is 1.88. The summed E-state index contributed by atoms with van der Waals surface area (Å²) in [7, 11) is 1.55. The van der Waals surface area contributed by atoms with Gasteiger partial charge in [0.05, 0.1) is 13.7 Å². The SMILES string of the molecule is CCCN(C[C]=O)OC. The smallest absolute Gasteiger partial charge is 0.216 e. The standard InChI is InChI=1S/C6H12NO2/c1-3-4-7(9-2)5-6-8/h3-5H2,1-2H3. The fourth-order valence-electron chi connectivity index (χ4n) is 0.556. The first-order valence-corrected chi connectivity index (χ1v) is 2.99. The van der Waals surface area contributed by atoms with Crippen LogP contribution in [0.5, 0.6) is 0 Å². The normalized spacial score (nSPS) is 10.1. The average molecular weight is 130 g/mol. The minimum absolute atomic E-state index is 0.240. The molecule has 0 saturated heterocycles. The van der Waals surface area contributed by atoms with Gasteiger partial charge in [0.25, 0.3) is 0 Å². The molecule has 9 heavy (non-hydrogen) atoms. The van der Waals surface area contributed by atoms with E-state index in [0.29, 0.717) is 0 Å². The van der Waals surface area contributed by atoms with Crippen molar-refractivity contribution >= 4 is 6.29 Å². The monoisotopic (exact) mass is 130 g/mol. The van der Waals surface area contributed by atoms with E-state index in [2.05, 4.69) is 0 Å². The molecule has 0 fully saturated rings. The van der Waals surface area contributed by atoms with Gasteiger partial charge in [-0.05, 0) is 6.42 Å². The molecule has 0 aromatic carbocycles. The van der Waals surface area contributed by atoms with E-state index >= 15 is 0 Å². The van der Waals surface area contributed by atoms with Crippen molar-refractivity contribution in [3.05, 3.63) is 0 Å². The Morgan fingerprint density at radius 2 is 2.33 bits per heavy atom. The van der Waals surface area contributed by atoms with Crippen molar-refractivity contribution in [2.75, 3.05) is 20.2 Å². The highest BCUT2D eigenvalue weighted by atomic mass is 16.7. The molecule has 3 nitrogen and oxygen atoms in total. The van der Waals surface area contributed by atoms with Gasteiger partial charge in [0, 0.05) is 6.54 Å². The van der Waals surface area contributed by atoms with E-state index in [4.69, 9.17) is 4.84 Å². The Hall–Kier alpha value is -0.410. The summed E-state index contributed by atoms with van der Waals surface area (Å²) in [5.41, 5.74) is 0. The predicted octanol–water partition coefficient (Wildman–Crippen LogP) is 0.369. The van der Waals surface area contributed by atoms with E-state index in [0.717, 1.165) is 13.0 Å². The van der Waals surface area contributed by atoms with E-state index in [1.807, 2.05) is 6.92 Å². The third kappa shape index (κ3) is 4.12. The van der Waals surface area contributed by atoms with E-state index in [1.165, 1.54) is 0 Å². The Morgan fingerprint density at radius 3 is 2.67 bits per heavy atom. The molecule has 0 aliphatic carbocycles. The van der Waals surface area contributed by atoms with Crippen molar-refractivity contribution in [1.82, 2.24) is 5.06 Å². The molecule has 0 aromatic rings. The number of hydrogen-bond acceptors (Lipinski definition) is 3. The third-order valence-corrected chi connectivity index (χ3v) is 0.972. The summed E-state index contributed by atoms with van der Waals surface area (Å²) in [4.78, 5) is 14.6. The van der Waals surface area contributed by atoms with E-state index in [1.54, 1.807) is 18.5 Å². The molecule has 0 heterocycles. The molecule has 0 saturated carbocycles. The first-order chi connectivity index (χ1) is 4.35. The van der Waals surface area contributed by atoms with Crippen molar-refractivity contribution in [2.24, 2.45) is 0 Å². The topological polar surface area (TPSA) is 29.5 Å². The molecule has 0 rings (SSSR count). The lowest BCUT2D eigenvalue weighted by atomic mass is 10.5. The van der Waals surface area contributed by atoms with Crippen LogP contribution in [0.15, 0.2) is 0 Å². The van der Waals surface area contributed by atoms with Gasteiger partial charge in [-0.25, -0.2) is 0 Å². The molecule has 3 heteroatoms. The first kappa shape index (κ1) is 8.59. The Balaban J connectivity index is 3.28. The van der Waals surface area contributed by atoms with Crippen molar-refractivity contribution in [3.8, 4) is 0 Å². The summed E-state index contributed by atoms with van der Waals surface area (Å²) in [5.74, 6) is 0.